The molecule has 1 aromatic carbocycles. The van der Waals surface area contributed by atoms with Gasteiger partial charge in [0.05, 0.1) is 0 Å². The van der Waals surface area contributed by atoms with Gasteiger partial charge in [-0.3, -0.25) is 4.90 Å². The fourth-order valence-corrected chi connectivity index (χ4v) is 3.13. The molecule has 1 aliphatic heterocycles. The molecule has 1 aromatic rings. The molecule has 1 saturated heterocycles. The molecule has 2 nitrogen and oxygen atoms in total. The van der Waals surface area contributed by atoms with E-state index < -0.39 is 0 Å². The standard InChI is InChI=1S/C17H27FN2/c1-3-4-5-6-17(20-11-9-19-10-12-20)16-8-7-15(18)13-14(16)2/h7-8,13,17,19H,3-6,9-12H2,1-2H3/t17-/m0/s1. The Labute approximate surface area is 122 Å². The van der Waals surface area contributed by atoms with E-state index in [1.165, 1.54) is 31.2 Å². The van der Waals surface area contributed by atoms with Crippen molar-refractivity contribution in [1.29, 1.82) is 0 Å². The SMILES string of the molecule is CCCCC[C@@H](c1ccc(F)cc1C)N1CCNCC1. The number of hydrogen-bond donors (Lipinski definition) is 1. The first-order chi connectivity index (χ1) is 9.72. The van der Waals surface area contributed by atoms with Crippen molar-refractivity contribution in [2.24, 2.45) is 0 Å². The van der Waals surface area contributed by atoms with Gasteiger partial charge in [-0.2, -0.15) is 0 Å². The van der Waals surface area contributed by atoms with E-state index in [0.717, 1.165) is 31.7 Å². The molecule has 0 aromatic heterocycles. The summed E-state index contributed by atoms with van der Waals surface area (Å²) < 4.78 is 13.3. The first kappa shape index (κ1) is 15.5. The summed E-state index contributed by atoms with van der Waals surface area (Å²) in [6.07, 6.45) is 4.96. The highest BCUT2D eigenvalue weighted by molar-refractivity contribution is 5.29. The Morgan fingerprint density at radius 3 is 2.65 bits per heavy atom. The van der Waals surface area contributed by atoms with Crippen molar-refractivity contribution in [3.8, 4) is 0 Å². The van der Waals surface area contributed by atoms with E-state index in [9.17, 15) is 4.39 Å². The number of nitrogens with one attached hydrogen (secondary N) is 1. The second-order valence-electron chi connectivity index (χ2n) is 5.80. The quantitative estimate of drug-likeness (QED) is 0.799. The van der Waals surface area contributed by atoms with Crippen LogP contribution in [0.4, 0.5) is 4.39 Å². The topological polar surface area (TPSA) is 15.3 Å². The van der Waals surface area contributed by atoms with Crippen LogP contribution in [0, 0.1) is 12.7 Å². The second-order valence-corrected chi connectivity index (χ2v) is 5.80. The Morgan fingerprint density at radius 2 is 2.00 bits per heavy atom. The van der Waals surface area contributed by atoms with Gasteiger partial charge in [0.25, 0.3) is 0 Å². The highest BCUT2D eigenvalue weighted by Crippen LogP contribution is 2.29. The van der Waals surface area contributed by atoms with Crippen molar-refractivity contribution < 1.29 is 4.39 Å². The van der Waals surface area contributed by atoms with Gasteiger partial charge in [0.2, 0.25) is 0 Å². The average molecular weight is 278 g/mol. The lowest BCUT2D eigenvalue weighted by Gasteiger charge is -2.36. The molecule has 0 spiro atoms. The lowest BCUT2D eigenvalue weighted by Crippen LogP contribution is -2.45. The molecule has 0 bridgehead atoms. The Hall–Kier alpha value is -0.930. The normalized spacial score (nSPS) is 18.1. The van der Waals surface area contributed by atoms with Gasteiger partial charge in [-0.25, -0.2) is 4.39 Å². The number of benzene rings is 1. The van der Waals surface area contributed by atoms with Crippen LogP contribution in [0.25, 0.3) is 0 Å². The predicted molar refractivity (Wildman–Crippen MR) is 82.5 cm³/mol. The molecular formula is C17H27FN2. The summed E-state index contributed by atoms with van der Waals surface area (Å²) in [5.41, 5.74) is 2.40. The lowest BCUT2D eigenvalue weighted by atomic mass is 9.94. The van der Waals surface area contributed by atoms with Crippen molar-refractivity contribution in [3.63, 3.8) is 0 Å². The van der Waals surface area contributed by atoms with E-state index in [1.807, 2.05) is 13.0 Å². The summed E-state index contributed by atoms with van der Waals surface area (Å²) in [5, 5.41) is 3.41. The van der Waals surface area contributed by atoms with E-state index in [2.05, 4.69) is 17.1 Å². The Morgan fingerprint density at radius 1 is 1.25 bits per heavy atom. The van der Waals surface area contributed by atoms with E-state index in [4.69, 9.17) is 0 Å². The molecule has 1 fully saturated rings. The minimum atomic E-state index is -0.126. The molecule has 3 heteroatoms. The lowest BCUT2D eigenvalue weighted by molar-refractivity contribution is 0.162. The van der Waals surface area contributed by atoms with Gasteiger partial charge in [-0.15, -0.1) is 0 Å². The first-order valence-corrected chi connectivity index (χ1v) is 7.93. The van der Waals surface area contributed by atoms with Crippen LogP contribution in [0.1, 0.15) is 49.8 Å². The third-order valence-electron chi connectivity index (χ3n) is 4.26. The van der Waals surface area contributed by atoms with Crippen molar-refractivity contribution >= 4 is 0 Å². The van der Waals surface area contributed by atoms with Gasteiger partial charge in [0, 0.05) is 32.2 Å². The summed E-state index contributed by atoms with van der Waals surface area (Å²) in [6, 6.07) is 5.72. The van der Waals surface area contributed by atoms with Crippen LogP contribution in [0.5, 0.6) is 0 Å². The minimum absolute atomic E-state index is 0.126. The monoisotopic (exact) mass is 278 g/mol. The molecule has 1 heterocycles. The molecule has 112 valence electrons. The molecule has 0 aliphatic carbocycles. The van der Waals surface area contributed by atoms with Gasteiger partial charge in [0.1, 0.15) is 5.82 Å². The van der Waals surface area contributed by atoms with Gasteiger partial charge in [0.15, 0.2) is 0 Å². The second kappa shape index (κ2) is 7.75. The Balaban J connectivity index is 2.15. The molecule has 2 rings (SSSR count). The van der Waals surface area contributed by atoms with E-state index in [-0.39, 0.29) is 5.82 Å². The third-order valence-corrected chi connectivity index (χ3v) is 4.26. The van der Waals surface area contributed by atoms with Gasteiger partial charge in [-0.05, 0) is 36.6 Å². The predicted octanol–water partition coefficient (Wildman–Crippen LogP) is 3.66. The van der Waals surface area contributed by atoms with Crippen LogP contribution in [-0.2, 0) is 0 Å². The zero-order chi connectivity index (χ0) is 14.4. The van der Waals surface area contributed by atoms with Crippen LogP contribution < -0.4 is 5.32 Å². The zero-order valence-corrected chi connectivity index (χ0v) is 12.8. The van der Waals surface area contributed by atoms with Crippen LogP contribution in [0.15, 0.2) is 18.2 Å². The highest BCUT2D eigenvalue weighted by atomic mass is 19.1. The van der Waals surface area contributed by atoms with Crippen LogP contribution >= 0.6 is 0 Å². The van der Waals surface area contributed by atoms with Crippen molar-refractivity contribution in [3.05, 3.63) is 35.1 Å². The number of hydrogen-bond acceptors (Lipinski definition) is 2. The van der Waals surface area contributed by atoms with E-state index in [0.29, 0.717) is 6.04 Å². The van der Waals surface area contributed by atoms with E-state index >= 15 is 0 Å². The number of piperazine rings is 1. The fraction of sp³-hybridized carbons (Fsp3) is 0.647. The van der Waals surface area contributed by atoms with Crippen LogP contribution in [0.3, 0.4) is 0 Å². The summed E-state index contributed by atoms with van der Waals surface area (Å²) >= 11 is 0. The van der Waals surface area contributed by atoms with Gasteiger partial charge < -0.3 is 5.32 Å². The minimum Gasteiger partial charge on any atom is -0.314 e. The average Bonchev–Trinajstić information content (AvgIpc) is 2.46. The molecule has 0 amide bonds. The van der Waals surface area contributed by atoms with Crippen molar-refractivity contribution in [1.82, 2.24) is 10.2 Å². The van der Waals surface area contributed by atoms with Crippen LogP contribution in [-0.4, -0.2) is 31.1 Å². The number of halogens is 1. The number of nitrogens with zero attached hydrogens (tertiary/aromatic N) is 1. The molecule has 20 heavy (non-hydrogen) atoms. The highest BCUT2D eigenvalue weighted by Gasteiger charge is 2.23. The smallest absolute Gasteiger partial charge is 0.123 e. The molecular weight excluding hydrogens is 251 g/mol. The molecule has 1 N–H and O–H groups in total. The summed E-state index contributed by atoms with van der Waals surface area (Å²) in [6.45, 7) is 8.58. The number of unbranched alkanes of at least 4 members (excludes halogenated alkanes) is 2. The molecule has 0 radical (unpaired) electrons. The third kappa shape index (κ3) is 4.03. The molecule has 1 aliphatic rings. The maximum atomic E-state index is 13.3. The maximum absolute atomic E-state index is 13.3. The van der Waals surface area contributed by atoms with Crippen LogP contribution in [0.2, 0.25) is 0 Å². The summed E-state index contributed by atoms with van der Waals surface area (Å²) in [4.78, 5) is 2.56. The van der Waals surface area contributed by atoms with Gasteiger partial charge in [-0.1, -0.05) is 32.3 Å². The van der Waals surface area contributed by atoms with Crippen molar-refractivity contribution in [2.45, 2.75) is 45.6 Å². The zero-order valence-electron chi connectivity index (χ0n) is 12.8. The van der Waals surface area contributed by atoms with Crippen molar-refractivity contribution in [2.75, 3.05) is 26.2 Å². The summed E-state index contributed by atoms with van der Waals surface area (Å²) in [7, 11) is 0. The fourth-order valence-electron chi connectivity index (χ4n) is 3.13. The van der Waals surface area contributed by atoms with E-state index in [1.54, 1.807) is 12.1 Å². The summed E-state index contributed by atoms with van der Waals surface area (Å²) in [5.74, 6) is -0.126. The Bertz CT molecular complexity index is 413. The molecule has 1 atom stereocenters. The number of aryl methyl sites for hydroxylation is 1. The first-order valence-electron chi connectivity index (χ1n) is 7.93. The molecule has 0 unspecified atom stereocenters. The number of rotatable bonds is 6. The molecule has 0 saturated carbocycles. The maximum Gasteiger partial charge on any atom is 0.123 e. The Kier molecular flexibility index (Phi) is 5.99. The van der Waals surface area contributed by atoms with Gasteiger partial charge >= 0.3 is 0 Å². The largest absolute Gasteiger partial charge is 0.314 e.